The summed E-state index contributed by atoms with van der Waals surface area (Å²) >= 11 is 0. The number of ether oxygens (including phenoxy) is 1. The number of carbonyl (C=O) groups is 1. The Morgan fingerprint density at radius 1 is 1.30 bits per heavy atom. The lowest BCUT2D eigenvalue weighted by Gasteiger charge is -2.25. The summed E-state index contributed by atoms with van der Waals surface area (Å²) < 4.78 is 5.17. The van der Waals surface area contributed by atoms with Gasteiger partial charge >= 0.3 is 0 Å². The summed E-state index contributed by atoms with van der Waals surface area (Å²) in [6.07, 6.45) is 3.88. The molecule has 1 heterocycles. The number of likely N-dealkylation sites (tertiary alicyclic amines) is 1. The maximum Gasteiger partial charge on any atom is 0.222 e. The third-order valence-corrected chi connectivity index (χ3v) is 4.54. The van der Waals surface area contributed by atoms with Gasteiger partial charge in [0.15, 0.2) is 0 Å². The molecule has 2 rings (SSSR count). The molecule has 0 saturated carbocycles. The van der Waals surface area contributed by atoms with E-state index in [4.69, 9.17) is 4.74 Å². The van der Waals surface area contributed by atoms with Gasteiger partial charge in [-0.05, 0) is 49.4 Å². The molecule has 1 aromatic rings. The molecule has 0 aliphatic carbocycles. The maximum absolute atomic E-state index is 12.0. The molecule has 1 amide bonds. The van der Waals surface area contributed by atoms with Crippen molar-refractivity contribution in [3.63, 3.8) is 0 Å². The Morgan fingerprint density at radius 2 is 2.04 bits per heavy atom. The van der Waals surface area contributed by atoms with Crippen LogP contribution in [0, 0.1) is 5.92 Å². The van der Waals surface area contributed by atoms with E-state index in [1.165, 1.54) is 5.56 Å². The Bertz CT molecular complexity index is 485. The Balaban J connectivity index is 1.70. The lowest BCUT2D eigenvalue weighted by Crippen LogP contribution is -2.36. The van der Waals surface area contributed by atoms with Crippen LogP contribution in [-0.2, 0) is 11.3 Å². The van der Waals surface area contributed by atoms with E-state index in [2.05, 4.69) is 36.2 Å². The van der Waals surface area contributed by atoms with Crippen LogP contribution in [0.25, 0.3) is 0 Å². The van der Waals surface area contributed by atoms with Crippen molar-refractivity contribution in [2.45, 2.75) is 52.1 Å². The first kappa shape index (κ1) is 17.8. The second-order valence-electron chi connectivity index (χ2n) is 6.78. The number of rotatable bonds is 9. The van der Waals surface area contributed by atoms with Crippen LogP contribution in [0.15, 0.2) is 24.3 Å². The minimum Gasteiger partial charge on any atom is -0.497 e. The number of amides is 1. The van der Waals surface area contributed by atoms with Gasteiger partial charge in [0.1, 0.15) is 5.75 Å². The predicted molar refractivity (Wildman–Crippen MR) is 93.5 cm³/mol. The van der Waals surface area contributed by atoms with Crippen LogP contribution < -0.4 is 10.1 Å². The quantitative estimate of drug-likeness (QED) is 0.711. The summed E-state index contributed by atoms with van der Waals surface area (Å²) in [5, 5.41) is 3.49. The molecule has 4 nitrogen and oxygen atoms in total. The van der Waals surface area contributed by atoms with Crippen molar-refractivity contribution in [3.05, 3.63) is 29.8 Å². The third kappa shape index (κ3) is 5.54. The van der Waals surface area contributed by atoms with Gasteiger partial charge in [-0.3, -0.25) is 4.79 Å². The SMILES string of the molecule is COc1ccc(CNCC[C@@H]2CCC(=O)N2CCC(C)C)cc1. The van der Waals surface area contributed by atoms with E-state index < -0.39 is 0 Å². The van der Waals surface area contributed by atoms with Gasteiger partial charge in [0, 0.05) is 25.6 Å². The van der Waals surface area contributed by atoms with E-state index in [1.807, 2.05) is 12.1 Å². The Kier molecular flexibility index (Phi) is 6.90. The van der Waals surface area contributed by atoms with E-state index in [1.54, 1.807) is 7.11 Å². The van der Waals surface area contributed by atoms with Gasteiger partial charge in [-0.15, -0.1) is 0 Å². The van der Waals surface area contributed by atoms with E-state index in [-0.39, 0.29) is 0 Å². The second kappa shape index (κ2) is 8.92. The molecule has 1 aromatic carbocycles. The Morgan fingerprint density at radius 3 is 2.70 bits per heavy atom. The lowest BCUT2D eigenvalue weighted by molar-refractivity contribution is -0.129. The van der Waals surface area contributed by atoms with Crippen LogP contribution in [0.3, 0.4) is 0 Å². The molecule has 4 heteroatoms. The zero-order chi connectivity index (χ0) is 16.7. The van der Waals surface area contributed by atoms with Crippen LogP contribution in [0.4, 0.5) is 0 Å². The number of hydrogen-bond acceptors (Lipinski definition) is 3. The van der Waals surface area contributed by atoms with Gasteiger partial charge in [-0.1, -0.05) is 26.0 Å². The molecule has 1 saturated heterocycles. The van der Waals surface area contributed by atoms with Gasteiger partial charge in [-0.2, -0.15) is 0 Å². The van der Waals surface area contributed by atoms with Gasteiger partial charge in [-0.25, -0.2) is 0 Å². The molecule has 0 unspecified atom stereocenters. The van der Waals surface area contributed by atoms with Crippen LogP contribution in [-0.4, -0.2) is 37.0 Å². The predicted octanol–water partition coefficient (Wildman–Crippen LogP) is 3.21. The average Bonchev–Trinajstić information content (AvgIpc) is 2.90. The number of carbonyl (C=O) groups excluding carboxylic acids is 1. The van der Waals surface area contributed by atoms with Crippen molar-refractivity contribution in [1.82, 2.24) is 10.2 Å². The number of hydrogen-bond donors (Lipinski definition) is 1. The van der Waals surface area contributed by atoms with E-state index in [9.17, 15) is 4.79 Å². The third-order valence-electron chi connectivity index (χ3n) is 4.54. The van der Waals surface area contributed by atoms with Gasteiger partial charge < -0.3 is 15.0 Å². The van der Waals surface area contributed by atoms with Crippen molar-refractivity contribution in [2.75, 3.05) is 20.2 Å². The summed E-state index contributed by atoms with van der Waals surface area (Å²) in [6.45, 7) is 7.15. The molecule has 0 spiro atoms. The highest BCUT2D eigenvalue weighted by atomic mass is 16.5. The highest BCUT2D eigenvalue weighted by Gasteiger charge is 2.29. The fraction of sp³-hybridized carbons (Fsp3) is 0.632. The summed E-state index contributed by atoms with van der Waals surface area (Å²) in [5.41, 5.74) is 1.25. The standard InChI is InChI=1S/C19H30N2O2/c1-15(2)11-13-21-17(6-9-19(21)22)10-12-20-14-16-4-7-18(23-3)8-5-16/h4-5,7-8,15,17,20H,6,9-14H2,1-3H3/t17-/m0/s1. The first-order valence-corrected chi connectivity index (χ1v) is 8.73. The van der Waals surface area contributed by atoms with Crippen molar-refractivity contribution < 1.29 is 9.53 Å². The van der Waals surface area contributed by atoms with E-state index >= 15 is 0 Å². The van der Waals surface area contributed by atoms with Crippen LogP contribution in [0.1, 0.15) is 45.1 Å². The molecule has 1 atom stereocenters. The zero-order valence-corrected chi connectivity index (χ0v) is 14.7. The Hall–Kier alpha value is -1.55. The number of benzene rings is 1. The first-order valence-electron chi connectivity index (χ1n) is 8.73. The van der Waals surface area contributed by atoms with Crippen molar-refractivity contribution in [3.8, 4) is 5.75 Å². The molecule has 0 bridgehead atoms. The average molecular weight is 318 g/mol. The number of nitrogens with one attached hydrogen (secondary N) is 1. The molecule has 128 valence electrons. The molecule has 1 aliphatic rings. The largest absolute Gasteiger partial charge is 0.497 e. The highest BCUT2D eigenvalue weighted by molar-refractivity contribution is 5.78. The monoisotopic (exact) mass is 318 g/mol. The molecule has 1 fully saturated rings. The Labute approximate surface area is 140 Å². The van der Waals surface area contributed by atoms with Gasteiger partial charge in [0.2, 0.25) is 5.91 Å². The topological polar surface area (TPSA) is 41.6 Å². The molecule has 0 radical (unpaired) electrons. The minimum absolute atomic E-state index is 0.339. The van der Waals surface area contributed by atoms with Gasteiger partial charge in [0.25, 0.3) is 0 Å². The van der Waals surface area contributed by atoms with Crippen molar-refractivity contribution >= 4 is 5.91 Å². The lowest BCUT2D eigenvalue weighted by atomic mass is 10.1. The van der Waals surface area contributed by atoms with Crippen molar-refractivity contribution in [1.29, 1.82) is 0 Å². The maximum atomic E-state index is 12.0. The molecule has 0 aromatic heterocycles. The fourth-order valence-corrected chi connectivity index (χ4v) is 3.04. The molecule has 1 aliphatic heterocycles. The van der Waals surface area contributed by atoms with E-state index in [0.29, 0.717) is 17.9 Å². The molecular formula is C19H30N2O2. The normalized spacial score (nSPS) is 18.0. The van der Waals surface area contributed by atoms with Gasteiger partial charge in [0.05, 0.1) is 7.11 Å². The summed E-state index contributed by atoms with van der Waals surface area (Å²) in [6, 6.07) is 8.56. The summed E-state index contributed by atoms with van der Waals surface area (Å²) in [5.74, 6) is 1.88. The molecule has 23 heavy (non-hydrogen) atoms. The smallest absolute Gasteiger partial charge is 0.222 e. The van der Waals surface area contributed by atoms with Crippen molar-refractivity contribution in [2.24, 2.45) is 5.92 Å². The van der Waals surface area contributed by atoms with Crippen LogP contribution >= 0.6 is 0 Å². The number of nitrogens with zero attached hydrogens (tertiary/aromatic N) is 1. The highest BCUT2D eigenvalue weighted by Crippen LogP contribution is 2.22. The fourth-order valence-electron chi connectivity index (χ4n) is 3.04. The second-order valence-corrected chi connectivity index (χ2v) is 6.78. The number of methoxy groups -OCH3 is 1. The first-order chi connectivity index (χ1) is 11.1. The van der Waals surface area contributed by atoms with E-state index in [0.717, 1.165) is 51.1 Å². The molecular weight excluding hydrogens is 288 g/mol. The van der Waals surface area contributed by atoms with Crippen LogP contribution in [0.5, 0.6) is 5.75 Å². The molecule has 1 N–H and O–H groups in total. The minimum atomic E-state index is 0.339. The van der Waals surface area contributed by atoms with Crippen LogP contribution in [0.2, 0.25) is 0 Å². The zero-order valence-electron chi connectivity index (χ0n) is 14.7. The summed E-state index contributed by atoms with van der Waals surface area (Å²) in [7, 11) is 1.68. The summed E-state index contributed by atoms with van der Waals surface area (Å²) in [4.78, 5) is 14.1.